The highest BCUT2D eigenvalue weighted by atomic mass is 16.3. The summed E-state index contributed by atoms with van der Waals surface area (Å²) in [5.41, 5.74) is 0.590. The van der Waals surface area contributed by atoms with Gasteiger partial charge in [-0.2, -0.15) is 0 Å². The molecule has 1 aromatic heterocycles. The number of hydrogen-bond donors (Lipinski definition) is 1. The lowest BCUT2D eigenvalue weighted by atomic mass is 9.58. The van der Waals surface area contributed by atoms with E-state index in [0.717, 1.165) is 12.1 Å². The summed E-state index contributed by atoms with van der Waals surface area (Å²) in [4.78, 5) is 4.45. The van der Waals surface area contributed by atoms with Crippen LogP contribution < -0.4 is 0 Å². The van der Waals surface area contributed by atoms with Gasteiger partial charge in [0.05, 0.1) is 5.60 Å². The Morgan fingerprint density at radius 1 is 1.33 bits per heavy atom. The lowest BCUT2D eigenvalue weighted by Crippen LogP contribution is -2.54. The fraction of sp³-hybridized carbons (Fsp3) is 0.688. The molecule has 0 spiro atoms. The van der Waals surface area contributed by atoms with Crippen molar-refractivity contribution in [2.75, 3.05) is 0 Å². The fourth-order valence-electron chi connectivity index (χ4n) is 4.51. The van der Waals surface area contributed by atoms with Gasteiger partial charge in [-0.05, 0) is 56.1 Å². The monoisotopic (exact) mass is 245 g/mol. The van der Waals surface area contributed by atoms with Gasteiger partial charge in [0, 0.05) is 17.3 Å². The van der Waals surface area contributed by atoms with Crippen molar-refractivity contribution in [1.82, 2.24) is 4.98 Å². The molecule has 2 bridgehead atoms. The molecule has 2 nitrogen and oxygen atoms in total. The first kappa shape index (κ1) is 12.2. The quantitative estimate of drug-likeness (QED) is 0.868. The molecule has 2 fully saturated rings. The van der Waals surface area contributed by atoms with Gasteiger partial charge in [0.2, 0.25) is 0 Å². The Labute approximate surface area is 109 Å². The second-order valence-corrected chi connectivity index (χ2v) is 6.99. The largest absolute Gasteiger partial charge is 0.389 e. The predicted octanol–water partition coefficient (Wildman–Crippen LogP) is 3.20. The van der Waals surface area contributed by atoms with Crippen molar-refractivity contribution in [3.8, 4) is 0 Å². The Bertz CT molecular complexity index is 455. The average Bonchev–Trinajstić information content (AvgIpc) is 2.79. The maximum Gasteiger partial charge on any atom is 0.0732 e. The minimum atomic E-state index is -0.583. The highest BCUT2D eigenvalue weighted by molar-refractivity contribution is 5.21. The summed E-state index contributed by atoms with van der Waals surface area (Å²) < 4.78 is 0. The van der Waals surface area contributed by atoms with E-state index >= 15 is 0 Å². The van der Waals surface area contributed by atoms with Crippen LogP contribution in [0.2, 0.25) is 0 Å². The van der Waals surface area contributed by atoms with E-state index < -0.39 is 5.60 Å². The van der Waals surface area contributed by atoms with Crippen LogP contribution in [-0.4, -0.2) is 15.7 Å². The van der Waals surface area contributed by atoms with Gasteiger partial charge in [0.15, 0.2) is 0 Å². The van der Waals surface area contributed by atoms with Crippen molar-refractivity contribution in [2.45, 2.75) is 52.1 Å². The Hall–Kier alpha value is -0.890. The van der Waals surface area contributed by atoms with E-state index in [1.54, 1.807) is 0 Å². The van der Waals surface area contributed by atoms with Crippen molar-refractivity contribution >= 4 is 0 Å². The number of aromatic nitrogens is 1. The molecule has 2 saturated carbocycles. The van der Waals surface area contributed by atoms with E-state index in [1.165, 1.54) is 19.3 Å². The number of aliphatic hydroxyl groups is 1. The van der Waals surface area contributed by atoms with Crippen molar-refractivity contribution in [2.24, 2.45) is 16.7 Å². The number of fused-ring (bicyclic) bond motifs is 2. The SMILES string of the molecule is CC12CCC(C1)C(C)(Cc1ccccn1)C2(C)O. The summed E-state index contributed by atoms with van der Waals surface area (Å²) >= 11 is 0. The maximum atomic E-state index is 11.1. The first-order valence-electron chi connectivity index (χ1n) is 7.01. The van der Waals surface area contributed by atoms with Crippen LogP contribution in [0.15, 0.2) is 24.4 Å². The molecule has 1 aromatic rings. The zero-order valence-corrected chi connectivity index (χ0v) is 11.6. The zero-order chi connectivity index (χ0) is 13.0. The van der Waals surface area contributed by atoms with Crippen LogP contribution >= 0.6 is 0 Å². The first-order chi connectivity index (χ1) is 8.39. The topological polar surface area (TPSA) is 33.1 Å². The standard InChI is InChI=1S/C16H23NO/c1-14-8-7-12(10-14)15(2,16(14,3)18)11-13-6-4-5-9-17-13/h4-6,9,12,18H,7-8,10-11H2,1-3H3. The van der Waals surface area contributed by atoms with Crippen LogP contribution in [0.25, 0.3) is 0 Å². The van der Waals surface area contributed by atoms with E-state index in [1.807, 2.05) is 18.3 Å². The Balaban J connectivity index is 1.96. The second-order valence-electron chi connectivity index (χ2n) is 6.99. The predicted molar refractivity (Wildman–Crippen MR) is 72.1 cm³/mol. The molecule has 2 aliphatic rings. The van der Waals surface area contributed by atoms with E-state index in [9.17, 15) is 5.11 Å². The van der Waals surface area contributed by atoms with Crippen molar-refractivity contribution < 1.29 is 5.11 Å². The lowest BCUT2D eigenvalue weighted by molar-refractivity contribution is -0.136. The summed E-state index contributed by atoms with van der Waals surface area (Å²) in [6.07, 6.45) is 6.34. The average molecular weight is 245 g/mol. The number of hydrogen-bond acceptors (Lipinski definition) is 2. The smallest absolute Gasteiger partial charge is 0.0732 e. The Kier molecular flexibility index (Phi) is 2.41. The van der Waals surface area contributed by atoms with Gasteiger partial charge in [0.25, 0.3) is 0 Å². The van der Waals surface area contributed by atoms with Crippen LogP contribution in [0.4, 0.5) is 0 Å². The third kappa shape index (κ3) is 1.36. The molecule has 0 aromatic carbocycles. The van der Waals surface area contributed by atoms with Crippen LogP contribution in [0.3, 0.4) is 0 Å². The molecule has 0 saturated heterocycles. The second kappa shape index (κ2) is 3.57. The normalized spacial score (nSPS) is 46.6. The van der Waals surface area contributed by atoms with E-state index in [2.05, 4.69) is 31.8 Å². The Morgan fingerprint density at radius 2 is 2.11 bits per heavy atom. The highest BCUT2D eigenvalue weighted by Crippen LogP contribution is 2.68. The third-order valence-corrected chi connectivity index (χ3v) is 6.20. The zero-order valence-electron chi connectivity index (χ0n) is 11.6. The van der Waals surface area contributed by atoms with Gasteiger partial charge < -0.3 is 5.11 Å². The first-order valence-corrected chi connectivity index (χ1v) is 7.01. The van der Waals surface area contributed by atoms with Gasteiger partial charge in [-0.1, -0.05) is 19.9 Å². The maximum absolute atomic E-state index is 11.1. The number of pyridine rings is 1. The van der Waals surface area contributed by atoms with Crippen LogP contribution in [-0.2, 0) is 6.42 Å². The summed E-state index contributed by atoms with van der Waals surface area (Å²) in [5, 5.41) is 11.1. The van der Waals surface area contributed by atoms with E-state index in [4.69, 9.17) is 0 Å². The van der Waals surface area contributed by atoms with Crippen molar-refractivity contribution in [3.05, 3.63) is 30.1 Å². The molecule has 4 atom stereocenters. The molecule has 1 N–H and O–H groups in total. The van der Waals surface area contributed by atoms with Crippen LogP contribution in [0.1, 0.15) is 45.7 Å². The van der Waals surface area contributed by atoms with Gasteiger partial charge in [-0.3, -0.25) is 4.98 Å². The van der Waals surface area contributed by atoms with E-state index in [-0.39, 0.29) is 10.8 Å². The molecule has 1 heterocycles. The third-order valence-electron chi connectivity index (χ3n) is 6.20. The van der Waals surface area contributed by atoms with Crippen molar-refractivity contribution in [3.63, 3.8) is 0 Å². The fourth-order valence-corrected chi connectivity index (χ4v) is 4.51. The number of rotatable bonds is 2. The molecule has 3 rings (SSSR count). The molecular weight excluding hydrogens is 222 g/mol. The summed E-state index contributed by atoms with van der Waals surface area (Å²) in [5.74, 6) is 0.638. The van der Waals surface area contributed by atoms with Gasteiger partial charge in [-0.25, -0.2) is 0 Å². The van der Waals surface area contributed by atoms with Crippen LogP contribution in [0, 0.1) is 16.7 Å². The molecule has 18 heavy (non-hydrogen) atoms. The molecule has 0 radical (unpaired) electrons. The number of nitrogens with zero attached hydrogens (tertiary/aromatic N) is 1. The molecule has 4 unspecified atom stereocenters. The highest BCUT2D eigenvalue weighted by Gasteiger charge is 2.67. The van der Waals surface area contributed by atoms with Crippen LogP contribution in [0.5, 0.6) is 0 Å². The minimum Gasteiger partial charge on any atom is -0.389 e. The summed E-state index contributed by atoms with van der Waals surface area (Å²) in [7, 11) is 0. The molecule has 0 amide bonds. The van der Waals surface area contributed by atoms with Crippen molar-refractivity contribution in [1.29, 1.82) is 0 Å². The van der Waals surface area contributed by atoms with Gasteiger partial charge >= 0.3 is 0 Å². The van der Waals surface area contributed by atoms with Gasteiger partial charge in [0.1, 0.15) is 0 Å². The minimum absolute atomic E-state index is 0.0334. The van der Waals surface area contributed by atoms with Gasteiger partial charge in [-0.15, -0.1) is 0 Å². The molecule has 2 heteroatoms. The molecule has 0 aliphatic heterocycles. The molecule has 2 aliphatic carbocycles. The molecular formula is C16H23NO. The van der Waals surface area contributed by atoms with E-state index in [0.29, 0.717) is 5.92 Å². The molecule has 98 valence electrons. The lowest BCUT2D eigenvalue weighted by Gasteiger charge is -2.50. The summed E-state index contributed by atoms with van der Waals surface area (Å²) in [6, 6.07) is 6.07. The Morgan fingerprint density at radius 3 is 2.67 bits per heavy atom. The summed E-state index contributed by atoms with van der Waals surface area (Å²) in [6.45, 7) is 6.57.